The van der Waals surface area contributed by atoms with Crippen molar-refractivity contribution in [3.8, 4) is 89.0 Å². The molecule has 0 heterocycles. The smallest absolute Gasteiger partial charge is 0.0326 e. The van der Waals surface area contributed by atoms with Crippen LogP contribution in [-0.4, -0.2) is 0 Å². The fourth-order valence-corrected chi connectivity index (χ4v) is 7.75. The largest absolute Gasteiger partial charge is 0.399 e. The van der Waals surface area contributed by atoms with Crippen molar-refractivity contribution in [2.24, 2.45) is 0 Å². The van der Waals surface area contributed by atoms with E-state index in [2.05, 4.69) is 224 Å². The van der Waals surface area contributed by atoms with E-state index in [9.17, 15) is 0 Å². The Bertz CT molecular complexity index is 2680. The predicted octanol–water partition coefficient (Wildman–Crippen LogP) is 14.6. The zero-order valence-electron chi connectivity index (χ0n) is 30.4. The van der Waals surface area contributed by atoms with Gasteiger partial charge in [0.2, 0.25) is 0 Å². The van der Waals surface area contributed by atoms with Gasteiger partial charge >= 0.3 is 0 Å². The Balaban J connectivity index is 1.27. The van der Waals surface area contributed by atoms with Crippen molar-refractivity contribution in [2.75, 3.05) is 5.73 Å². The Hall–Kier alpha value is -7.22. The van der Waals surface area contributed by atoms with E-state index in [0.29, 0.717) is 0 Å². The van der Waals surface area contributed by atoms with Crippen molar-refractivity contribution < 1.29 is 0 Å². The second kappa shape index (κ2) is 15.0. The van der Waals surface area contributed by atoms with Crippen LogP contribution in [0, 0.1) is 0 Å². The fraction of sp³-hybridized carbons (Fsp3) is 0. The summed E-state index contributed by atoms with van der Waals surface area (Å²) in [5.74, 6) is 0. The first-order valence-electron chi connectivity index (χ1n) is 18.8. The summed E-state index contributed by atoms with van der Waals surface area (Å²) in [5.41, 5.74) is 26.1. The average molecular weight is 702 g/mol. The molecule has 2 N–H and O–H groups in total. The molecular weight excluding hydrogens is 663 g/mol. The van der Waals surface area contributed by atoms with Crippen LogP contribution in [0.2, 0.25) is 0 Å². The van der Waals surface area contributed by atoms with Crippen LogP contribution in [0.1, 0.15) is 0 Å². The Kier molecular flexibility index (Phi) is 9.18. The maximum Gasteiger partial charge on any atom is 0.0326 e. The van der Waals surface area contributed by atoms with Gasteiger partial charge in [0.25, 0.3) is 0 Å². The van der Waals surface area contributed by atoms with Gasteiger partial charge in [0.1, 0.15) is 0 Å². The first-order valence-corrected chi connectivity index (χ1v) is 18.8. The number of nitrogen functional groups attached to an aromatic ring is 1. The molecule has 0 amide bonds. The third kappa shape index (κ3) is 6.88. The summed E-state index contributed by atoms with van der Waals surface area (Å²) in [7, 11) is 0. The van der Waals surface area contributed by atoms with Gasteiger partial charge in [-0.05, 0) is 101 Å². The molecule has 55 heavy (non-hydrogen) atoms. The highest BCUT2D eigenvalue weighted by Crippen LogP contribution is 2.48. The van der Waals surface area contributed by atoms with Crippen LogP contribution in [0.4, 0.5) is 5.69 Å². The first kappa shape index (κ1) is 33.6. The van der Waals surface area contributed by atoms with E-state index in [-0.39, 0.29) is 0 Å². The van der Waals surface area contributed by atoms with Crippen LogP contribution >= 0.6 is 0 Å². The minimum absolute atomic E-state index is 0.724. The van der Waals surface area contributed by atoms with Gasteiger partial charge in [-0.2, -0.15) is 0 Å². The summed E-state index contributed by atoms with van der Waals surface area (Å²) < 4.78 is 0. The molecule has 0 fully saturated rings. The van der Waals surface area contributed by atoms with Gasteiger partial charge in [-0.1, -0.05) is 212 Å². The molecule has 0 atom stereocenters. The molecule has 0 radical (unpaired) electrons. The maximum absolute atomic E-state index is 6.88. The molecule has 0 aliphatic carbocycles. The van der Waals surface area contributed by atoms with Crippen molar-refractivity contribution in [3.05, 3.63) is 224 Å². The van der Waals surface area contributed by atoms with Gasteiger partial charge in [0, 0.05) is 5.69 Å². The number of hydrogen-bond donors (Lipinski definition) is 1. The normalized spacial score (nSPS) is 11.0. The highest BCUT2D eigenvalue weighted by molar-refractivity contribution is 6.03. The van der Waals surface area contributed by atoms with E-state index < -0.39 is 0 Å². The Morgan fingerprint density at radius 2 is 0.491 bits per heavy atom. The molecule has 0 saturated carbocycles. The van der Waals surface area contributed by atoms with E-state index in [1.54, 1.807) is 0 Å². The Morgan fingerprint density at radius 3 is 0.927 bits per heavy atom. The molecule has 9 aromatic carbocycles. The summed E-state index contributed by atoms with van der Waals surface area (Å²) >= 11 is 0. The van der Waals surface area contributed by atoms with E-state index in [4.69, 9.17) is 5.73 Å². The summed E-state index contributed by atoms with van der Waals surface area (Å²) in [6.45, 7) is 0. The number of anilines is 1. The van der Waals surface area contributed by atoms with Crippen LogP contribution in [-0.2, 0) is 0 Å². The third-order valence-electron chi connectivity index (χ3n) is 10.5. The fourth-order valence-electron chi connectivity index (χ4n) is 7.75. The number of hydrogen-bond acceptors (Lipinski definition) is 1. The lowest BCUT2D eigenvalue weighted by Crippen LogP contribution is -1.97. The highest BCUT2D eigenvalue weighted by Gasteiger charge is 2.21. The molecular formula is C54H39N. The SMILES string of the molecule is Nc1cc(-c2ccccc2)c(-c2ccc(-c3ccccc3)cc2)c(-c2cccc(-c3ccc(-c4ccccc4)cc3)c2-c2ccc(-c3ccccc3)cc2)c1. The van der Waals surface area contributed by atoms with Crippen LogP contribution < -0.4 is 5.73 Å². The summed E-state index contributed by atoms with van der Waals surface area (Å²) in [5, 5.41) is 0. The Morgan fingerprint density at radius 1 is 0.200 bits per heavy atom. The highest BCUT2D eigenvalue weighted by atomic mass is 14.5. The summed E-state index contributed by atoms with van der Waals surface area (Å²) in [6.07, 6.45) is 0. The topological polar surface area (TPSA) is 26.0 Å². The van der Waals surface area contributed by atoms with Crippen molar-refractivity contribution >= 4 is 5.69 Å². The molecule has 0 unspecified atom stereocenters. The van der Waals surface area contributed by atoms with Gasteiger partial charge in [-0.3, -0.25) is 0 Å². The molecule has 9 aromatic rings. The van der Waals surface area contributed by atoms with Crippen LogP contribution in [0.15, 0.2) is 224 Å². The molecule has 9 rings (SSSR count). The summed E-state index contributed by atoms with van der Waals surface area (Å²) in [6, 6.07) is 80.2. The van der Waals surface area contributed by atoms with Crippen molar-refractivity contribution in [1.29, 1.82) is 0 Å². The van der Waals surface area contributed by atoms with Crippen LogP contribution in [0.25, 0.3) is 89.0 Å². The molecule has 1 nitrogen and oxygen atoms in total. The van der Waals surface area contributed by atoms with Crippen molar-refractivity contribution in [3.63, 3.8) is 0 Å². The number of nitrogens with two attached hydrogens (primary N) is 1. The van der Waals surface area contributed by atoms with Gasteiger partial charge in [0.05, 0.1) is 0 Å². The zero-order chi connectivity index (χ0) is 37.0. The molecule has 260 valence electrons. The van der Waals surface area contributed by atoms with E-state index >= 15 is 0 Å². The van der Waals surface area contributed by atoms with Crippen LogP contribution in [0.5, 0.6) is 0 Å². The average Bonchev–Trinajstić information content (AvgIpc) is 3.27. The van der Waals surface area contributed by atoms with Gasteiger partial charge in [-0.15, -0.1) is 0 Å². The minimum atomic E-state index is 0.724. The van der Waals surface area contributed by atoms with Gasteiger partial charge in [0.15, 0.2) is 0 Å². The van der Waals surface area contributed by atoms with Gasteiger partial charge in [-0.25, -0.2) is 0 Å². The Labute approximate surface area is 323 Å². The lowest BCUT2D eigenvalue weighted by Gasteiger charge is -2.22. The number of rotatable bonds is 8. The molecule has 0 aromatic heterocycles. The first-order chi connectivity index (χ1) is 27.2. The second-order valence-corrected chi connectivity index (χ2v) is 13.9. The molecule has 1 heteroatoms. The molecule has 0 aliphatic rings. The molecule has 0 bridgehead atoms. The van der Waals surface area contributed by atoms with Crippen molar-refractivity contribution in [1.82, 2.24) is 0 Å². The minimum Gasteiger partial charge on any atom is -0.399 e. The second-order valence-electron chi connectivity index (χ2n) is 13.9. The maximum atomic E-state index is 6.88. The van der Waals surface area contributed by atoms with Crippen LogP contribution in [0.3, 0.4) is 0 Å². The molecule has 0 aliphatic heterocycles. The van der Waals surface area contributed by atoms with Gasteiger partial charge < -0.3 is 5.73 Å². The number of benzene rings is 9. The monoisotopic (exact) mass is 701 g/mol. The zero-order valence-corrected chi connectivity index (χ0v) is 30.4. The standard InChI is InChI=1S/C54H39N/c55-48-36-51(44-20-11-4-12-21-44)54(47-34-28-43(29-35-47)40-18-9-3-10-19-40)52(37-48)50-23-13-22-49(45-30-24-41(25-31-45)38-14-5-1-6-15-38)53(50)46-32-26-42(27-33-46)39-16-7-2-8-17-39/h1-37H,55H2. The molecule has 0 saturated heterocycles. The predicted molar refractivity (Wildman–Crippen MR) is 234 cm³/mol. The lowest BCUT2D eigenvalue weighted by atomic mass is 9.82. The van der Waals surface area contributed by atoms with E-state index in [1.165, 1.54) is 44.5 Å². The van der Waals surface area contributed by atoms with E-state index in [0.717, 1.165) is 50.2 Å². The third-order valence-corrected chi connectivity index (χ3v) is 10.5. The van der Waals surface area contributed by atoms with Crippen molar-refractivity contribution in [2.45, 2.75) is 0 Å². The summed E-state index contributed by atoms with van der Waals surface area (Å²) in [4.78, 5) is 0. The quantitative estimate of drug-likeness (QED) is 0.157. The lowest BCUT2D eigenvalue weighted by molar-refractivity contribution is 1.53. The van der Waals surface area contributed by atoms with E-state index in [1.807, 2.05) is 0 Å². The molecule has 0 spiro atoms.